The molecule has 0 spiro atoms. The molecule has 0 fully saturated rings. The molecule has 1 aliphatic rings. The van der Waals surface area contributed by atoms with Gasteiger partial charge in [-0.05, 0) is 13.0 Å². The maximum atomic E-state index is 11.0. The van der Waals surface area contributed by atoms with Gasteiger partial charge in [0.05, 0.1) is 0 Å². The lowest BCUT2D eigenvalue weighted by atomic mass is 10.1. The van der Waals surface area contributed by atoms with Gasteiger partial charge in [0.2, 0.25) is 0 Å². The molecule has 1 amide bonds. The first-order valence-electron chi connectivity index (χ1n) is 3.00. The van der Waals surface area contributed by atoms with Crippen LogP contribution in [0.1, 0.15) is 6.92 Å². The summed E-state index contributed by atoms with van der Waals surface area (Å²) in [7, 11) is 1.77. The van der Waals surface area contributed by atoms with E-state index in [0.29, 0.717) is 0 Å². The smallest absolute Gasteiger partial charge is 0.219 e. The first kappa shape index (κ1) is 6.20. The quantitative estimate of drug-likeness (QED) is 0.429. The molecule has 1 aliphatic heterocycles. The fraction of sp³-hybridized carbons (Fsp3) is 0.429. The maximum Gasteiger partial charge on any atom is 0.393 e. The van der Waals surface area contributed by atoms with E-state index in [1.165, 1.54) is 0 Å². The van der Waals surface area contributed by atoms with Crippen LogP contribution in [0.4, 0.5) is 0 Å². The average Bonchev–Trinajstić information content (AvgIpc) is 1.83. The predicted octanol–water partition coefficient (Wildman–Crippen LogP) is 0.432. The summed E-state index contributed by atoms with van der Waals surface area (Å²) in [6, 6.07) is 0. The zero-order chi connectivity index (χ0) is 6.85. The molecule has 0 aromatic heterocycles. The third-order valence-electron chi connectivity index (χ3n) is 1.45. The molecule has 1 unspecified atom stereocenters. The zero-order valence-corrected chi connectivity index (χ0v) is 5.66. The molecular weight excluding hydrogens is 114 g/mol. The van der Waals surface area contributed by atoms with Crippen molar-refractivity contribution in [1.29, 1.82) is 0 Å². The SMILES string of the molecule is CC1C=CC=[N+](C)C1=O. The van der Waals surface area contributed by atoms with Crippen molar-refractivity contribution in [2.75, 3.05) is 7.05 Å². The van der Waals surface area contributed by atoms with Crippen LogP contribution in [0, 0.1) is 5.92 Å². The molecule has 0 aromatic rings. The van der Waals surface area contributed by atoms with Crippen molar-refractivity contribution in [3.63, 3.8) is 0 Å². The van der Waals surface area contributed by atoms with Gasteiger partial charge in [-0.2, -0.15) is 4.58 Å². The average molecular weight is 124 g/mol. The van der Waals surface area contributed by atoms with Gasteiger partial charge in [0, 0.05) is 0 Å². The molecule has 1 atom stereocenters. The number of carbonyl (C=O) groups excluding carboxylic acids is 1. The van der Waals surface area contributed by atoms with Gasteiger partial charge in [-0.15, -0.1) is 0 Å². The second-order valence-electron chi connectivity index (χ2n) is 2.27. The van der Waals surface area contributed by atoms with E-state index in [2.05, 4.69) is 0 Å². The van der Waals surface area contributed by atoms with Crippen LogP contribution < -0.4 is 0 Å². The number of nitrogens with zero attached hydrogens (tertiary/aromatic N) is 1. The number of amides is 1. The van der Waals surface area contributed by atoms with Crippen LogP contribution in [-0.2, 0) is 4.79 Å². The molecule has 0 saturated carbocycles. The second kappa shape index (κ2) is 2.13. The Bertz CT molecular complexity index is 191. The van der Waals surface area contributed by atoms with Gasteiger partial charge in [-0.25, -0.2) is 4.79 Å². The Morgan fingerprint density at radius 2 is 2.33 bits per heavy atom. The van der Waals surface area contributed by atoms with Gasteiger partial charge in [-0.1, -0.05) is 6.08 Å². The topological polar surface area (TPSA) is 20.1 Å². The molecule has 0 radical (unpaired) electrons. The molecule has 1 heterocycles. The minimum atomic E-state index is 0.0556. The first-order valence-corrected chi connectivity index (χ1v) is 3.00. The Hall–Kier alpha value is -0.920. The highest BCUT2D eigenvalue weighted by Crippen LogP contribution is 2.01. The van der Waals surface area contributed by atoms with Crippen LogP contribution in [0.15, 0.2) is 12.2 Å². The molecule has 48 valence electrons. The van der Waals surface area contributed by atoms with Gasteiger partial charge >= 0.3 is 5.91 Å². The summed E-state index contributed by atoms with van der Waals surface area (Å²) in [5, 5.41) is 0. The highest BCUT2D eigenvalue weighted by Gasteiger charge is 2.20. The Morgan fingerprint density at radius 3 is 2.78 bits per heavy atom. The van der Waals surface area contributed by atoms with E-state index in [-0.39, 0.29) is 11.8 Å². The number of carbonyl (C=O) groups is 1. The molecule has 0 N–H and O–H groups in total. The largest absolute Gasteiger partial charge is 0.393 e. The summed E-state index contributed by atoms with van der Waals surface area (Å²) in [5.74, 6) is 0.220. The van der Waals surface area contributed by atoms with Gasteiger partial charge in [0.1, 0.15) is 13.0 Å². The van der Waals surface area contributed by atoms with Crippen LogP contribution in [0.5, 0.6) is 0 Å². The van der Waals surface area contributed by atoms with E-state index >= 15 is 0 Å². The molecule has 0 aliphatic carbocycles. The minimum absolute atomic E-state index is 0.0556. The van der Waals surface area contributed by atoms with E-state index in [4.69, 9.17) is 0 Å². The fourth-order valence-electron chi connectivity index (χ4n) is 0.822. The standard InChI is InChI=1S/C7H10NO/c1-6-4-3-5-8(2)7(6)9/h3-6H,1-2H3/q+1. The van der Waals surface area contributed by atoms with Crippen molar-refractivity contribution in [2.24, 2.45) is 5.92 Å². The molecule has 2 nitrogen and oxygen atoms in total. The molecule has 1 rings (SSSR count). The van der Waals surface area contributed by atoms with Gasteiger partial charge < -0.3 is 0 Å². The Kier molecular flexibility index (Phi) is 1.47. The molecule has 0 saturated heterocycles. The number of hydrogen-bond acceptors (Lipinski definition) is 1. The summed E-state index contributed by atoms with van der Waals surface area (Å²) in [5.41, 5.74) is 0. The van der Waals surface area contributed by atoms with E-state index < -0.39 is 0 Å². The third-order valence-corrected chi connectivity index (χ3v) is 1.45. The first-order chi connectivity index (χ1) is 4.22. The Morgan fingerprint density at radius 1 is 1.67 bits per heavy atom. The summed E-state index contributed by atoms with van der Waals surface area (Å²) in [6.45, 7) is 1.89. The molecule has 9 heavy (non-hydrogen) atoms. The number of rotatable bonds is 0. The minimum Gasteiger partial charge on any atom is -0.219 e. The molecular formula is C7H10NO+. The summed E-state index contributed by atoms with van der Waals surface area (Å²) < 4.78 is 1.60. The van der Waals surface area contributed by atoms with Crippen LogP contribution in [0.2, 0.25) is 0 Å². The molecule has 2 heteroatoms. The monoisotopic (exact) mass is 124 g/mol. The highest BCUT2D eigenvalue weighted by molar-refractivity contribution is 5.83. The summed E-state index contributed by atoms with van der Waals surface area (Å²) >= 11 is 0. The zero-order valence-electron chi connectivity index (χ0n) is 5.66. The lowest BCUT2D eigenvalue weighted by molar-refractivity contribution is -0.417. The lowest BCUT2D eigenvalue weighted by Crippen LogP contribution is -2.25. The fourth-order valence-corrected chi connectivity index (χ4v) is 0.822. The lowest BCUT2D eigenvalue weighted by Gasteiger charge is -2.01. The number of hydrogen-bond donors (Lipinski definition) is 0. The van der Waals surface area contributed by atoms with Crippen LogP contribution in [0.25, 0.3) is 0 Å². The van der Waals surface area contributed by atoms with Crippen molar-refractivity contribution < 1.29 is 9.37 Å². The summed E-state index contributed by atoms with van der Waals surface area (Å²) in [6.07, 6.45) is 5.55. The van der Waals surface area contributed by atoms with E-state index in [1.54, 1.807) is 17.8 Å². The maximum absolute atomic E-state index is 11.0. The second-order valence-corrected chi connectivity index (χ2v) is 2.27. The van der Waals surface area contributed by atoms with E-state index in [0.717, 1.165) is 0 Å². The predicted molar refractivity (Wildman–Crippen MR) is 35.6 cm³/mol. The number of allylic oxidation sites excluding steroid dienone is 1. The Labute approximate surface area is 54.5 Å². The van der Waals surface area contributed by atoms with Crippen molar-refractivity contribution >= 4 is 12.1 Å². The van der Waals surface area contributed by atoms with E-state index in [1.807, 2.05) is 19.1 Å². The van der Waals surface area contributed by atoms with Crippen LogP contribution >= 0.6 is 0 Å². The van der Waals surface area contributed by atoms with E-state index in [9.17, 15) is 4.79 Å². The van der Waals surface area contributed by atoms with Crippen molar-refractivity contribution in [1.82, 2.24) is 0 Å². The van der Waals surface area contributed by atoms with Gasteiger partial charge in [0.25, 0.3) is 0 Å². The van der Waals surface area contributed by atoms with Crippen molar-refractivity contribution in [3.05, 3.63) is 12.2 Å². The third kappa shape index (κ3) is 1.07. The van der Waals surface area contributed by atoms with Crippen LogP contribution in [0.3, 0.4) is 0 Å². The van der Waals surface area contributed by atoms with Crippen LogP contribution in [-0.4, -0.2) is 23.7 Å². The molecule has 0 bridgehead atoms. The van der Waals surface area contributed by atoms with Gasteiger partial charge in [0.15, 0.2) is 6.21 Å². The summed E-state index contributed by atoms with van der Waals surface area (Å²) in [4.78, 5) is 11.0. The van der Waals surface area contributed by atoms with Crippen molar-refractivity contribution in [3.8, 4) is 0 Å². The molecule has 0 aromatic carbocycles. The highest BCUT2D eigenvalue weighted by atomic mass is 16.2. The van der Waals surface area contributed by atoms with Crippen molar-refractivity contribution in [2.45, 2.75) is 6.92 Å². The Balaban J connectivity index is 2.86. The normalized spacial score (nSPS) is 26.2. The van der Waals surface area contributed by atoms with Gasteiger partial charge in [-0.3, -0.25) is 0 Å².